The van der Waals surface area contributed by atoms with Crippen LogP contribution in [0.5, 0.6) is 17.2 Å². The number of imide groups is 1. The number of alkyl halides is 6. The van der Waals surface area contributed by atoms with Crippen molar-refractivity contribution >= 4 is 11.9 Å². The van der Waals surface area contributed by atoms with Gasteiger partial charge in [0.25, 0.3) is 11.5 Å². The van der Waals surface area contributed by atoms with Crippen molar-refractivity contribution in [2.75, 3.05) is 19.9 Å². The Bertz CT molecular complexity index is 1660. The summed E-state index contributed by atoms with van der Waals surface area (Å²) in [4.78, 5) is 27.1. The average Bonchev–Trinajstić information content (AvgIpc) is 3.59. The summed E-state index contributed by atoms with van der Waals surface area (Å²) in [6.45, 7) is 3.94. The van der Waals surface area contributed by atoms with E-state index in [1.165, 1.54) is 4.90 Å². The van der Waals surface area contributed by atoms with Crippen molar-refractivity contribution in [3.63, 3.8) is 0 Å². The molecule has 2 aliphatic heterocycles. The fourth-order valence-corrected chi connectivity index (χ4v) is 5.86. The van der Waals surface area contributed by atoms with E-state index in [1.807, 2.05) is 0 Å². The van der Waals surface area contributed by atoms with Gasteiger partial charge >= 0.3 is 18.4 Å². The molecule has 0 bridgehead atoms. The van der Waals surface area contributed by atoms with Gasteiger partial charge < -0.3 is 24.6 Å². The highest BCUT2D eigenvalue weighted by molar-refractivity contribution is 6.07. The lowest BCUT2D eigenvalue weighted by molar-refractivity contribution is -0.376. The van der Waals surface area contributed by atoms with Crippen LogP contribution in [-0.2, 0) is 22.4 Å². The molecule has 8 nitrogen and oxygen atoms in total. The number of nitrogens with zero attached hydrogens (tertiary/aromatic N) is 1. The molecule has 0 aliphatic carbocycles. The standard InChI is InChI=1S/C34H34F6N2O6/c1-3-8-21-17-24(32(45,33(35,36)37)34(38,39)40)11-13-26(21)22-9-7-10-25(18-22)46-16-6-4-5-15-42-29(43)31(2,41-30(42)44)23-12-14-27-28(19-23)48-20-47-27/h7,9-14,17-19,45H,3-6,8,15-16,20H2,1-2H3,(H,41,44). The number of amides is 3. The van der Waals surface area contributed by atoms with E-state index < -0.39 is 35.1 Å². The second-order valence-electron chi connectivity index (χ2n) is 11.8. The maximum absolute atomic E-state index is 13.5. The number of ether oxygens (including phenoxy) is 3. The van der Waals surface area contributed by atoms with Crippen LogP contribution in [0.4, 0.5) is 31.1 Å². The number of aryl methyl sites for hydroxylation is 1. The first-order chi connectivity index (χ1) is 22.6. The quantitative estimate of drug-likeness (QED) is 0.118. The molecule has 1 fully saturated rings. The summed E-state index contributed by atoms with van der Waals surface area (Å²) in [5.41, 5.74) is -5.83. The Balaban J connectivity index is 1.18. The molecule has 0 aromatic heterocycles. The summed E-state index contributed by atoms with van der Waals surface area (Å²) in [7, 11) is 0. The lowest BCUT2D eigenvalue weighted by Crippen LogP contribution is -2.53. The Labute approximate surface area is 272 Å². The minimum atomic E-state index is -5.98. The number of carbonyl (C=O) groups is 2. The van der Waals surface area contributed by atoms with E-state index in [4.69, 9.17) is 14.2 Å². The highest BCUT2D eigenvalue weighted by Gasteiger charge is 2.71. The molecule has 0 saturated carbocycles. The summed E-state index contributed by atoms with van der Waals surface area (Å²) in [6.07, 6.45) is -9.62. The fraction of sp³-hybridized carbons (Fsp3) is 0.412. The van der Waals surface area contributed by atoms with Gasteiger partial charge in [-0.05, 0) is 79.1 Å². The summed E-state index contributed by atoms with van der Waals surface area (Å²) in [6, 6.07) is 13.8. The Hall–Kier alpha value is -4.46. The van der Waals surface area contributed by atoms with Gasteiger partial charge in [-0.15, -0.1) is 0 Å². The zero-order valence-corrected chi connectivity index (χ0v) is 26.1. The van der Waals surface area contributed by atoms with Gasteiger partial charge in [-0.25, -0.2) is 4.79 Å². The van der Waals surface area contributed by atoms with Gasteiger partial charge in [0.15, 0.2) is 11.5 Å². The molecule has 258 valence electrons. The monoisotopic (exact) mass is 680 g/mol. The molecule has 0 spiro atoms. The number of rotatable bonds is 12. The Morgan fingerprint density at radius 3 is 2.35 bits per heavy atom. The van der Waals surface area contributed by atoms with Crippen molar-refractivity contribution in [1.29, 1.82) is 0 Å². The molecule has 1 unspecified atom stereocenters. The molecule has 1 saturated heterocycles. The van der Waals surface area contributed by atoms with E-state index in [9.17, 15) is 41.0 Å². The minimum Gasteiger partial charge on any atom is -0.494 e. The van der Waals surface area contributed by atoms with Crippen LogP contribution >= 0.6 is 0 Å². The average molecular weight is 681 g/mol. The number of aliphatic hydroxyl groups is 1. The smallest absolute Gasteiger partial charge is 0.430 e. The molecule has 0 radical (unpaired) electrons. The molecule has 3 amide bonds. The topological polar surface area (TPSA) is 97.3 Å². The second-order valence-corrected chi connectivity index (χ2v) is 11.8. The van der Waals surface area contributed by atoms with Crippen molar-refractivity contribution in [3.8, 4) is 28.4 Å². The number of hydrogen-bond donors (Lipinski definition) is 2. The van der Waals surface area contributed by atoms with Crippen LogP contribution in [-0.4, -0.2) is 54.2 Å². The molecule has 5 rings (SSSR count). The molecule has 2 heterocycles. The fourth-order valence-electron chi connectivity index (χ4n) is 5.86. The SMILES string of the molecule is CCCc1cc(C(O)(C(F)(F)F)C(F)(F)F)ccc1-c1cccc(OCCCCCN2C(=O)NC(C)(c3ccc4c(c3)OCO4)C2=O)c1. The Morgan fingerprint density at radius 2 is 1.65 bits per heavy atom. The zero-order valence-electron chi connectivity index (χ0n) is 26.1. The van der Waals surface area contributed by atoms with E-state index in [0.29, 0.717) is 65.7 Å². The first kappa shape index (κ1) is 34.9. The number of halogens is 6. The molecule has 3 aromatic rings. The third kappa shape index (κ3) is 6.49. The van der Waals surface area contributed by atoms with E-state index >= 15 is 0 Å². The summed E-state index contributed by atoms with van der Waals surface area (Å²) in [5.74, 6) is 1.12. The van der Waals surface area contributed by atoms with Gasteiger partial charge in [-0.3, -0.25) is 9.69 Å². The van der Waals surface area contributed by atoms with Crippen LogP contribution in [0.15, 0.2) is 60.7 Å². The van der Waals surface area contributed by atoms with Crippen LogP contribution in [0, 0.1) is 0 Å². The Kier molecular flexibility index (Phi) is 9.60. The van der Waals surface area contributed by atoms with Gasteiger partial charge in [0.1, 0.15) is 11.3 Å². The maximum Gasteiger partial charge on any atom is 0.430 e. The number of hydrogen-bond acceptors (Lipinski definition) is 6. The largest absolute Gasteiger partial charge is 0.494 e. The van der Waals surface area contributed by atoms with Gasteiger partial charge in [-0.1, -0.05) is 49.7 Å². The van der Waals surface area contributed by atoms with Crippen molar-refractivity contribution in [2.24, 2.45) is 0 Å². The highest BCUT2D eigenvalue weighted by atomic mass is 19.4. The second kappa shape index (κ2) is 13.2. The first-order valence-electron chi connectivity index (χ1n) is 15.4. The molecule has 2 N–H and O–H groups in total. The van der Waals surface area contributed by atoms with Gasteiger partial charge in [0.05, 0.1) is 6.61 Å². The number of carbonyl (C=O) groups excluding carboxylic acids is 2. The van der Waals surface area contributed by atoms with Crippen molar-refractivity contribution in [2.45, 2.75) is 69.4 Å². The molecule has 1 atom stereocenters. The van der Waals surface area contributed by atoms with Crippen LogP contribution in [0.2, 0.25) is 0 Å². The number of unbranched alkanes of at least 4 members (excludes halogenated alkanes) is 2. The Morgan fingerprint density at radius 1 is 0.917 bits per heavy atom. The predicted molar refractivity (Wildman–Crippen MR) is 161 cm³/mol. The third-order valence-corrected chi connectivity index (χ3v) is 8.53. The number of urea groups is 1. The van der Waals surface area contributed by atoms with Gasteiger partial charge in [-0.2, -0.15) is 26.3 Å². The van der Waals surface area contributed by atoms with Gasteiger partial charge in [0, 0.05) is 12.1 Å². The summed E-state index contributed by atoms with van der Waals surface area (Å²) < 4.78 is 97.5. The zero-order chi connectivity index (χ0) is 34.9. The van der Waals surface area contributed by atoms with Crippen molar-refractivity contribution < 1.29 is 55.2 Å². The van der Waals surface area contributed by atoms with Crippen LogP contribution in [0.3, 0.4) is 0 Å². The first-order valence-corrected chi connectivity index (χ1v) is 15.4. The van der Waals surface area contributed by atoms with Crippen LogP contribution in [0.25, 0.3) is 11.1 Å². The van der Waals surface area contributed by atoms with Crippen molar-refractivity contribution in [3.05, 3.63) is 77.4 Å². The molecular weight excluding hydrogens is 646 g/mol. The lowest BCUT2D eigenvalue weighted by Gasteiger charge is -2.33. The number of benzene rings is 3. The molecule has 3 aromatic carbocycles. The van der Waals surface area contributed by atoms with Crippen molar-refractivity contribution in [1.82, 2.24) is 10.2 Å². The lowest BCUT2D eigenvalue weighted by atomic mass is 9.87. The molecular formula is C34H34F6N2O6. The number of fused-ring (bicyclic) bond motifs is 1. The third-order valence-electron chi connectivity index (χ3n) is 8.53. The predicted octanol–water partition coefficient (Wildman–Crippen LogP) is 7.36. The van der Waals surface area contributed by atoms with Gasteiger partial charge in [0.2, 0.25) is 6.79 Å². The van der Waals surface area contributed by atoms with Crippen LogP contribution in [0.1, 0.15) is 56.2 Å². The van der Waals surface area contributed by atoms with E-state index in [2.05, 4.69) is 5.32 Å². The maximum atomic E-state index is 13.5. The van der Waals surface area contributed by atoms with E-state index in [1.54, 1.807) is 56.3 Å². The minimum absolute atomic E-state index is 0.0827. The molecule has 14 heteroatoms. The van der Waals surface area contributed by atoms with E-state index in [0.717, 1.165) is 12.1 Å². The summed E-state index contributed by atoms with van der Waals surface area (Å²) in [5, 5.41) is 12.7. The molecule has 2 aliphatic rings. The van der Waals surface area contributed by atoms with Crippen LogP contribution < -0.4 is 19.5 Å². The normalized spacial score (nSPS) is 18.0. The molecule has 48 heavy (non-hydrogen) atoms. The number of nitrogens with one attached hydrogen (secondary N) is 1. The highest BCUT2D eigenvalue weighted by Crippen LogP contribution is 2.50. The summed E-state index contributed by atoms with van der Waals surface area (Å²) >= 11 is 0. The van der Waals surface area contributed by atoms with E-state index in [-0.39, 0.29) is 37.8 Å².